The molecule has 2 rings (SSSR count). The molecule has 0 spiro atoms. The number of nitrogens with two attached hydrogens (primary N) is 1. The molecule has 0 saturated carbocycles. The molecule has 1 atom stereocenters. The van der Waals surface area contributed by atoms with Crippen molar-refractivity contribution in [3.63, 3.8) is 0 Å². The van der Waals surface area contributed by atoms with Gasteiger partial charge in [-0.25, -0.2) is 4.39 Å². The van der Waals surface area contributed by atoms with Crippen LogP contribution in [0.3, 0.4) is 0 Å². The lowest BCUT2D eigenvalue weighted by molar-refractivity contribution is -0.134. The number of amides is 3. The number of piperazine rings is 1. The maximum Gasteiger partial charge on any atom is 0.237 e. The first-order valence-electron chi connectivity index (χ1n) is 7.80. The van der Waals surface area contributed by atoms with Crippen LogP contribution in [-0.2, 0) is 20.9 Å². The van der Waals surface area contributed by atoms with Crippen LogP contribution in [-0.4, -0.2) is 55.4 Å². The van der Waals surface area contributed by atoms with Crippen molar-refractivity contribution in [3.05, 3.63) is 29.6 Å². The highest BCUT2D eigenvalue weighted by Crippen LogP contribution is 2.20. The largest absolute Gasteiger partial charge is 0.497 e. The van der Waals surface area contributed by atoms with Crippen molar-refractivity contribution in [1.29, 1.82) is 0 Å². The first kappa shape index (κ1) is 18.7. The summed E-state index contributed by atoms with van der Waals surface area (Å²) in [5.41, 5.74) is 5.38. The van der Waals surface area contributed by atoms with Crippen LogP contribution in [0.5, 0.6) is 5.75 Å². The molecular formula is C16H21FN4O4. The Morgan fingerprint density at radius 1 is 1.48 bits per heavy atom. The fourth-order valence-corrected chi connectivity index (χ4v) is 2.61. The van der Waals surface area contributed by atoms with Crippen LogP contribution in [0.2, 0.25) is 0 Å². The van der Waals surface area contributed by atoms with Crippen LogP contribution in [0.4, 0.5) is 4.39 Å². The van der Waals surface area contributed by atoms with Crippen LogP contribution in [0.1, 0.15) is 12.0 Å². The zero-order chi connectivity index (χ0) is 18.4. The van der Waals surface area contributed by atoms with E-state index in [-0.39, 0.29) is 25.4 Å². The van der Waals surface area contributed by atoms with Crippen molar-refractivity contribution < 1.29 is 23.5 Å². The molecule has 1 aromatic rings. The number of methoxy groups -OCH3 is 1. The number of nitrogens with zero attached hydrogens (tertiary/aromatic N) is 1. The van der Waals surface area contributed by atoms with Gasteiger partial charge in [-0.15, -0.1) is 0 Å². The van der Waals surface area contributed by atoms with Crippen molar-refractivity contribution >= 4 is 17.7 Å². The third kappa shape index (κ3) is 5.15. The van der Waals surface area contributed by atoms with E-state index in [9.17, 15) is 18.8 Å². The van der Waals surface area contributed by atoms with Gasteiger partial charge in [-0.3, -0.25) is 19.3 Å². The predicted octanol–water partition coefficient (Wildman–Crippen LogP) is -0.874. The smallest absolute Gasteiger partial charge is 0.237 e. The van der Waals surface area contributed by atoms with Gasteiger partial charge in [-0.2, -0.15) is 0 Å². The summed E-state index contributed by atoms with van der Waals surface area (Å²) >= 11 is 0. The van der Waals surface area contributed by atoms with Crippen molar-refractivity contribution in [2.75, 3.05) is 26.7 Å². The van der Waals surface area contributed by atoms with E-state index < -0.39 is 23.7 Å². The summed E-state index contributed by atoms with van der Waals surface area (Å²) in [5, 5.41) is 5.04. The topological polar surface area (TPSA) is 114 Å². The number of halogens is 1. The number of hydrogen-bond acceptors (Lipinski definition) is 5. The monoisotopic (exact) mass is 352 g/mol. The maximum atomic E-state index is 14.2. The van der Waals surface area contributed by atoms with E-state index in [0.717, 1.165) is 0 Å². The molecule has 0 radical (unpaired) electrons. The van der Waals surface area contributed by atoms with Crippen LogP contribution >= 0.6 is 0 Å². The third-order valence-electron chi connectivity index (χ3n) is 3.91. The molecule has 1 saturated heterocycles. The molecule has 1 fully saturated rings. The summed E-state index contributed by atoms with van der Waals surface area (Å²) in [6.45, 7) is 0.776. The summed E-state index contributed by atoms with van der Waals surface area (Å²) < 4.78 is 19.1. The second-order valence-corrected chi connectivity index (χ2v) is 5.68. The molecule has 4 N–H and O–H groups in total. The second-order valence-electron chi connectivity index (χ2n) is 5.68. The lowest BCUT2D eigenvalue weighted by atomic mass is 10.1. The van der Waals surface area contributed by atoms with E-state index in [2.05, 4.69) is 10.6 Å². The number of rotatable bonds is 7. The van der Waals surface area contributed by atoms with E-state index in [1.165, 1.54) is 13.2 Å². The Morgan fingerprint density at radius 2 is 2.24 bits per heavy atom. The Balaban J connectivity index is 2.07. The van der Waals surface area contributed by atoms with Crippen LogP contribution < -0.4 is 21.1 Å². The van der Waals surface area contributed by atoms with E-state index in [4.69, 9.17) is 10.5 Å². The van der Waals surface area contributed by atoms with Gasteiger partial charge < -0.3 is 21.1 Å². The highest BCUT2D eigenvalue weighted by Gasteiger charge is 2.32. The molecule has 1 aliphatic heterocycles. The van der Waals surface area contributed by atoms with Gasteiger partial charge in [0.15, 0.2) is 0 Å². The van der Waals surface area contributed by atoms with Gasteiger partial charge in [0.25, 0.3) is 0 Å². The Hall–Kier alpha value is -2.68. The summed E-state index contributed by atoms with van der Waals surface area (Å²) in [6, 6.07) is 3.75. The van der Waals surface area contributed by atoms with Gasteiger partial charge in [-0.05, 0) is 6.07 Å². The van der Waals surface area contributed by atoms with Gasteiger partial charge in [-0.1, -0.05) is 6.07 Å². The van der Waals surface area contributed by atoms with Crippen molar-refractivity contribution in [2.24, 2.45) is 5.73 Å². The minimum Gasteiger partial charge on any atom is -0.497 e. The average molecular weight is 352 g/mol. The van der Waals surface area contributed by atoms with Gasteiger partial charge in [0.1, 0.15) is 11.6 Å². The summed E-state index contributed by atoms with van der Waals surface area (Å²) in [5.74, 6) is -1.49. The number of ether oxygens (including phenoxy) is 1. The molecule has 1 aliphatic rings. The minimum absolute atomic E-state index is 0.142. The van der Waals surface area contributed by atoms with Gasteiger partial charge >= 0.3 is 0 Å². The highest BCUT2D eigenvalue weighted by molar-refractivity contribution is 5.90. The average Bonchev–Trinajstić information content (AvgIpc) is 2.57. The zero-order valence-electron chi connectivity index (χ0n) is 13.9. The molecule has 8 nitrogen and oxygen atoms in total. The Labute approximate surface area is 144 Å². The highest BCUT2D eigenvalue weighted by atomic mass is 19.1. The number of carbonyl (C=O) groups is 3. The normalized spacial score (nSPS) is 17.7. The van der Waals surface area contributed by atoms with Gasteiger partial charge in [0.05, 0.1) is 26.1 Å². The third-order valence-corrected chi connectivity index (χ3v) is 3.91. The Bertz CT molecular complexity index is 668. The van der Waals surface area contributed by atoms with Crippen LogP contribution in [0, 0.1) is 5.82 Å². The fourth-order valence-electron chi connectivity index (χ4n) is 2.61. The SMILES string of the molecule is COc1ccc(CN2CCNC(=O)C2CC(=O)NCC(N)=O)c(F)c1. The summed E-state index contributed by atoms with van der Waals surface area (Å²) in [7, 11) is 1.45. The molecule has 0 bridgehead atoms. The lowest BCUT2D eigenvalue weighted by Gasteiger charge is -2.34. The molecule has 0 aliphatic carbocycles. The number of nitrogens with one attached hydrogen (secondary N) is 2. The molecular weight excluding hydrogens is 331 g/mol. The van der Waals surface area contributed by atoms with Crippen molar-refractivity contribution in [3.8, 4) is 5.75 Å². The van der Waals surface area contributed by atoms with Crippen LogP contribution in [0.25, 0.3) is 0 Å². The van der Waals surface area contributed by atoms with E-state index in [1.54, 1.807) is 17.0 Å². The molecule has 9 heteroatoms. The first-order chi connectivity index (χ1) is 11.9. The lowest BCUT2D eigenvalue weighted by Crippen LogP contribution is -2.56. The fraction of sp³-hybridized carbons (Fsp3) is 0.438. The van der Waals surface area contributed by atoms with Crippen molar-refractivity contribution in [2.45, 2.75) is 19.0 Å². The number of carbonyl (C=O) groups excluding carboxylic acids is 3. The van der Waals surface area contributed by atoms with Gasteiger partial charge in [0, 0.05) is 31.3 Å². The quantitative estimate of drug-likeness (QED) is 0.590. The maximum absolute atomic E-state index is 14.2. The standard InChI is InChI=1S/C16H21FN4O4/c1-25-11-3-2-10(12(17)6-11)9-21-5-4-19-16(24)13(21)7-15(23)20-8-14(18)22/h2-3,6,13H,4-5,7-9H2,1H3,(H2,18,22)(H,19,24)(H,20,23). The number of benzene rings is 1. The van der Waals surface area contributed by atoms with Crippen LogP contribution in [0.15, 0.2) is 18.2 Å². The molecule has 136 valence electrons. The van der Waals surface area contributed by atoms with E-state index in [0.29, 0.717) is 24.4 Å². The minimum atomic E-state index is -0.747. The molecule has 1 aromatic carbocycles. The Morgan fingerprint density at radius 3 is 2.88 bits per heavy atom. The van der Waals surface area contributed by atoms with Crippen molar-refractivity contribution in [1.82, 2.24) is 15.5 Å². The van der Waals surface area contributed by atoms with Gasteiger partial charge in [0.2, 0.25) is 17.7 Å². The van der Waals surface area contributed by atoms with E-state index in [1.807, 2.05) is 0 Å². The molecule has 0 aromatic heterocycles. The number of hydrogen-bond donors (Lipinski definition) is 3. The summed E-state index contributed by atoms with van der Waals surface area (Å²) in [6.07, 6.45) is -0.142. The summed E-state index contributed by atoms with van der Waals surface area (Å²) in [4.78, 5) is 36.5. The first-order valence-corrected chi connectivity index (χ1v) is 7.80. The zero-order valence-corrected chi connectivity index (χ0v) is 13.9. The molecule has 3 amide bonds. The number of primary amides is 1. The molecule has 1 heterocycles. The Kier molecular flexibility index (Phi) is 6.29. The molecule has 25 heavy (non-hydrogen) atoms. The molecule has 1 unspecified atom stereocenters. The second kappa shape index (κ2) is 8.43. The van der Waals surface area contributed by atoms with E-state index >= 15 is 0 Å². The predicted molar refractivity (Wildman–Crippen MR) is 87.0 cm³/mol.